The molecule has 0 radical (unpaired) electrons. The fourth-order valence-electron chi connectivity index (χ4n) is 6.96. The average Bonchev–Trinajstić information content (AvgIpc) is 3.45. The summed E-state index contributed by atoms with van der Waals surface area (Å²) in [6.45, 7) is 0. The summed E-state index contributed by atoms with van der Waals surface area (Å²) in [6, 6.07) is 22.9. The summed E-state index contributed by atoms with van der Waals surface area (Å²) in [5.74, 6) is 0. The number of nitrogens with zero attached hydrogens (tertiary/aromatic N) is 3. The number of rotatable bonds is 0. The van der Waals surface area contributed by atoms with Gasteiger partial charge in [-0.3, -0.25) is 9.97 Å². The zero-order chi connectivity index (χ0) is 22.7. The van der Waals surface area contributed by atoms with Gasteiger partial charge in [-0.1, -0.05) is 42.5 Å². The normalized spacial score (nSPS) is 14.9. The van der Waals surface area contributed by atoms with Crippen molar-refractivity contribution in [3.05, 3.63) is 124 Å². The maximum Gasteiger partial charge on any atom is 0.0716 e. The van der Waals surface area contributed by atoms with Crippen LogP contribution in [-0.2, 0) is 25.7 Å². The van der Waals surface area contributed by atoms with E-state index < -0.39 is 0 Å². The van der Waals surface area contributed by atoms with Crippen molar-refractivity contribution in [1.82, 2.24) is 9.97 Å². The first-order valence-electron chi connectivity index (χ1n) is 12.4. The van der Waals surface area contributed by atoms with Gasteiger partial charge in [0.05, 0.1) is 29.0 Å². The number of hydrogen-bond donors (Lipinski definition) is 0. The molecule has 0 fully saturated rings. The molecule has 3 nitrogen and oxygen atoms in total. The molecule has 3 heteroatoms. The van der Waals surface area contributed by atoms with Crippen molar-refractivity contribution in [3.8, 4) is 22.3 Å². The van der Waals surface area contributed by atoms with E-state index in [1.807, 2.05) is 18.6 Å². The van der Waals surface area contributed by atoms with Crippen LogP contribution in [0.1, 0.15) is 44.6 Å². The zero-order valence-corrected chi connectivity index (χ0v) is 19.2. The van der Waals surface area contributed by atoms with E-state index in [0.29, 0.717) is 0 Å². The lowest BCUT2D eigenvalue weighted by atomic mass is 9.88. The molecular weight excluding hydrogens is 426 g/mol. The molecule has 0 unspecified atom stereocenters. The van der Waals surface area contributed by atoms with E-state index in [9.17, 15) is 0 Å². The topological polar surface area (TPSA) is 29.0 Å². The van der Waals surface area contributed by atoms with Gasteiger partial charge >= 0.3 is 0 Å². The minimum Gasteiger partial charge on any atom is -0.306 e. The van der Waals surface area contributed by atoms with Gasteiger partial charge in [0.25, 0.3) is 0 Å². The SMILES string of the molecule is c1ccc2c(c1)Cc1c-2ccc2c1Cc1cc3c(cc1-2)N1c2cnccc2Cc2ccnc(c21)C3. The van der Waals surface area contributed by atoms with Crippen LogP contribution in [0.3, 0.4) is 0 Å². The monoisotopic (exact) mass is 447 g/mol. The number of fused-ring (bicyclic) bond motifs is 11. The maximum atomic E-state index is 4.83. The summed E-state index contributed by atoms with van der Waals surface area (Å²) in [4.78, 5) is 11.8. The standard InChI is InChI=1S/C32H21N3/c1-2-4-23-18(3-1)13-27-24(23)5-6-25-26-16-30-22(12-21(26)14-28(25)27)15-29-32-20(8-10-34-29)11-19-7-9-33-17-31(19)35(30)32/h1-10,12,16-17H,11,13-15H2. The molecule has 0 saturated heterocycles. The Morgan fingerprint density at radius 1 is 0.571 bits per heavy atom. The lowest BCUT2D eigenvalue weighted by Crippen LogP contribution is -2.25. The third-order valence-electron chi connectivity index (χ3n) is 8.48. The van der Waals surface area contributed by atoms with E-state index >= 15 is 0 Å². The van der Waals surface area contributed by atoms with Crippen LogP contribution >= 0.6 is 0 Å². The van der Waals surface area contributed by atoms with E-state index in [-0.39, 0.29) is 0 Å². The number of pyridine rings is 2. The van der Waals surface area contributed by atoms with Crippen LogP contribution in [0.4, 0.5) is 17.1 Å². The van der Waals surface area contributed by atoms with Gasteiger partial charge in [0, 0.05) is 25.2 Å². The molecule has 0 bridgehead atoms. The molecule has 0 saturated carbocycles. The number of anilines is 3. The van der Waals surface area contributed by atoms with Crippen LogP contribution in [0.25, 0.3) is 22.3 Å². The molecule has 2 aliphatic heterocycles. The molecule has 2 aliphatic carbocycles. The Morgan fingerprint density at radius 3 is 2.34 bits per heavy atom. The third kappa shape index (κ3) is 2.26. The molecule has 164 valence electrons. The van der Waals surface area contributed by atoms with Gasteiger partial charge in [-0.05, 0) is 92.2 Å². The highest BCUT2D eigenvalue weighted by Crippen LogP contribution is 2.53. The van der Waals surface area contributed by atoms with Gasteiger partial charge in [0.2, 0.25) is 0 Å². The van der Waals surface area contributed by atoms with Crippen molar-refractivity contribution in [2.45, 2.75) is 25.7 Å². The highest BCUT2D eigenvalue weighted by Gasteiger charge is 2.35. The van der Waals surface area contributed by atoms with Gasteiger partial charge in [-0.15, -0.1) is 0 Å². The van der Waals surface area contributed by atoms with Gasteiger partial charge in [0.15, 0.2) is 0 Å². The summed E-state index contributed by atoms with van der Waals surface area (Å²) in [6.07, 6.45) is 9.81. The van der Waals surface area contributed by atoms with Crippen molar-refractivity contribution in [2.24, 2.45) is 0 Å². The van der Waals surface area contributed by atoms with Gasteiger partial charge < -0.3 is 4.90 Å². The van der Waals surface area contributed by atoms with Crippen molar-refractivity contribution in [2.75, 3.05) is 4.90 Å². The molecule has 0 amide bonds. The smallest absolute Gasteiger partial charge is 0.0716 e. The lowest BCUT2D eigenvalue weighted by molar-refractivity contribution is 0.953. The van der Waals surface area contributed by atoms with Gasteiger partial charge in [-0.2, -0.15) is 0 Å². The van der Waals surface area contributed by atoms with E-state index in [4.69, 9.17) is 4.98 Å². The number of benzene rings is 3. The summed E-state index contributed by atoms with van der Waals surface area (Å²) in [5, 5.41) is 0. The van der Waals surface area contributed by atoms with E-state index in [2.05, 4.69) is 70.5 Å². The van der Waals surface area contributed by atoms with Gasteiger partial charge in [-0.25, -0.2) is 0 Å². The zero-order valence-electron chi connectivity index (χ0n) is 19.2. The third-order valence-corrected chi connectivity index (χ3v) is 8.48. The Kier molecular flexibility index (Phi) is 3.24. The molecule has 2 aromatic heterocycles. The Balaban J connectivity index is 1.26. The van der Waals surface area contributed by atoms with Crippen LogP contribution in [0, 0.1) is 0 Å². The Labute approximate surface area is 203 Å². The van der Waals surface area contributed by atoms with E-state index in [0.717, 1.165) is 25.7 Å². The first-order chi connectivity index (χ1) is 17.3. The predicted octanol–water partition coefficient (Wildman–Crippen LogP) is 6.90. The molecule has 4 aliphatic rings. The van der Waals surface area contributed by atoms with Crippen molar-refractivity contribution >= 4 is 17.1 Å². The number of aromatic nitrogens is 2. The largest absolute Gasteiger partial charge is 0.306 e. The van der Waals surface area contributed by atoms with Crippen LogP contribution in [0.5, 0.6) is 0 Å². The first kappa shape index (κ1) is 18.1. The molecule has 5 aromatic rings. The Hall–Kier alpha value is -4.24. The highest BCUT2D eigenvalue weighted by atomic mass is 15.2. The summed E-state index contributed by atoms with van der Waals surface area (Å²) in [7, 11) is 0. The fourth-order valence-corrected chi connectivity index (χ4v) is 6.96. The first-order valence-corrected chi connectivity index (χ1v) is 12.4. The summed E-state index contributed by atoms with van der Waals surface area (Å²) >= 11 is 0. The van der Waals surface area contributed by atoms with E-state index in [1.165, 1.54) is 84.0 Å². The fraction of sp³-hybridized carbons (Fsp3) is 0.125. The minimum absolute atomic E-state index is 0.887. The molecule has 3 aromatic carbocycles. The predicted molar refractivity (Wildman–Crippen MR) is 139 cm³/mol. The second-order valence-electron chi connectivity index (χ2n) is 10.2. The quantitative estimate of drug-likeness (QED) is 0.253. The van der Waals surface area contributed by atoms with E-state index in [1.54, 1.807) is 0 Å². The summed E-state index contributed by atoms with van der Waals surface area (Å²) in [5.41, 5.74) is 20.6. The average molecular weight is 448 g/mol. The second-order valence-corrected chi connectivity index (χ2v) is 10.2. The Morgan fingerprint density at radius 2 is 1.40 bits per heavy atom. The molecule has 0 atom stereocenters. The second kappa shape index (κ2) is 6.25. The van der Waals surface area contributed by atoms with Gasteiger partial charge in [0.1, 0.15) is 0 Å². The van der Waals surface area contributed by atoms with Crippen molar-refractivity contribution in [1.29, 1.82) is 0 Å². The molecule has 0 spiro atoms. The molecule has 0 N–H and O–H groups in total. The maximum absolute atomic E-state index is 4.83. The van der Waals surface area contributed by atoms with Crippen molar-refractivity contribution in [3.63, 3.8) is 0 Å². The van der Waals surface area contributed by atoms with Crippen LogP contribution in [0.2, 0.25) is 0 Å². The number of hydrogen-bond acceptors (Lipinski definition) is 3. The highest BCUT2D eigenvalue weighted by molar-refractivity contribution is 5.93. The molecule has 9 rings (SSSR count). The minimum atomic E-state index is 0.887. The van der Waals surface area contributed by atoms with Crippen LogP contribution < -0.4 is 4.90 Å². The van der Waals surface area contributed by atoms with Crippen LogP contribution in [-0.4, -0.2) is 9.97 Å². The Bertz CT molecular complexity index is 1760. The van der Waals surface area contributed by atoms with Crippen LogP contribution in [0.15, 0.2) is 79.3 Å². The lowest BCUT2D eigenvalue weighted by Gasteiger charge is -2.38. The molecular formula is C32H21N3. The molecule has 35 heavy (non-hydrogen) atoms. The van der Waals surface area contributed by atoms with Crippen molar-refractivity contribution < 1.29 is 0 Å². The summed E-state index contributed by atoms with van der Waals surface area (Å²) < 4.78 is 0. The molecule has 4 heterocycles.